The number of carbonyl (C=O) groups is 2. The fourth-order valence-corrected chi connectivity index (χ4v) is 2.28. The van der Waals surface area contributed by atoms with Crippen LogP contribution in [0.3, 0.4) is 0 Å². The zero-order valence-corrected chi connectivity index (χ0v) is 10.1. The lowest BCUT2D eigenvalue weighted by Gasteiger charge is -2.21. The van der Waals surface area contributed by atoms with Gasteiger partial charge in [-0.3, -0.25) is 14.5 Å². The van der Waals surface area contributed by atoms with Crippen molar-refractivity contribution in [3.8, 4) is 0 Å². The molecule has 0 fully saturated rings. The normalized spacial score (nSPS) is 16.2. The van der Waals surface area contributed by atoms with Crippen LogP contribution >= 0.6 is 0 Å². The van der Waals surface area contributed by atoms with E-state index in [0.29, 0.717) is 16.8 Å². The highest BCUT2D eigenvalue weighted by atomic mass is 16.2. The second-order valence-corrected chi connectivity index (χ2v) is 4.39. The lowest BCUT2D eigenvalue weighted by Crippen LogP contribution is -2.37. The van der Waals surface area contributed by atoms with Crippen molar-refractivity contribution in [1.82, 2.24) is 4.90 Å². The molecular formula is C13H16N2O2. The minimum atomic E-state index is -0.260. The Labute approximate surface area is 100 Å². The number of imide groups is 1. The number of hydrogen-bond donors (Lipinski definition) is 1. The first kappa shape index (κ1) is 11.6. The number of carbonyl (C=O) groups excluding carboxylic acids is 2. The van der Waals surface area contributed by atoms with Gasteiger partial charge in [-0.1, -0.05) is 19.4 Å². The van der Waals surface area contributed by atoms with Crippen LogP contribution in [-0.4, -0.2) is 22.8 Å². The van der Waals surface area contributed by atoms with Crippen LogP contribution in [-0.2, 0) is 0 Å². The molecular weight excluding hydrogens is 216 g/mol. The SMILES string of the molecule is CCCC(C)N1C(=O)c2cccc(N)c2C1=O. The molecule has 2 N–H and O–H groups in total. The van der Waals surface area contributed by atoms with E-state index >= 15 is 0 Å². The van der Waals surface area contributed by atoms with Crippen LogP contribution in [0.1, 0.15) is 47.4 Å². The Hall–Kier alpha value is -1.84. The van der Waals surface area contributed by atoms with Gasteiger partial charge in [0.2, 0.25) is 0 Å². The molecule has 1 aromatic rings. The third-order valence-electron chi connectivity index (χ3n) is 3.13. The molecule has 1 aliphatic heterocycles. The van der Waals surface area contributed by atoms with E-state index in [2.05, 4.69) is 0 Å². The van der Waals surface area contributed by atoms with E-state index in [0.717, 1.165) is 12.8 Å². The summed E-state index contributed by atoms with van der Waals surface area (Å²) < 4.78 is 0. The Kier molecular flexibility index (Phi) is 2.88. The van der Waals surface area contributed by atoms with Gasteiger partial charge in [0.05, 0.1) is 11.1 Å². The molecule has 0 saturated heterocycles. The van der Waals surface area contributed by atoms with Crippen molar-refractivity contribution in [2.24, 2.45) is 0 Å². The van der Waals surface area contributed by atoms with Crippen molar-refractivity contribution in [2.45, 2.75) is 32.7 Å². The molecule has 1 atom stereocenters. The molecule has 0 spiro atoms. The lowest BCUT2D eigenvalue weighted by atomic mass is 10.1. The highest BCUT2D eigenvalue weighted by Gasteiger charge is 2.39. The van der Waals surface area contributed by atoms with E-state index in [1.54, 1.807) is 18.2 Å². The number of nitrogen functional groups attached to an aromatic ring is 1. The maximum absolute atomic E-state index is 12.2. The third kappa shape index (κ3) is 1.69. The van der Waals surface area contributed by atoms with Crippen molar-refractivity contribution in [3.63, 3.8) is 0 Å². The summed E-state index contributed by atoms with van der Waals surface area (Å²) in [6.07, 6.45) is 1.75. The van der Waals surface area contributed by atoms with Crippen LogP contribution in [0.2, 0.25) is 0 Å². The van der Waals surface area contributed by atoms with E-state index < -0.39 is 0 Å². The topological polar surface area (TPSA) is 63.4 Å². The van der Waals surface area contributed by atoms with Crippen LogP contribution in [0.25, 0.3) is 0 Å². The first-order valence-electron chi connectivity index (χ1n) is 5.84. The molecule has 0 radical (unpaired) electrons. The van der Waals surface area contributed by atoms with Crippen molar-refractivity contribution < 1.29 is 9.59 Å². The van der Waals surface area contributed by atoms with Gasteiger partial charge in [0.25, 0.3) is 11.8 Å². The van der Waals surface area contributed by atoms with Crippen LogP contribution in [0.15, 0.2) is 18.2 Å². The van der Waals surface area contributed by atoms with Gasteiger partial charge in [0.15, 0.2) is 0 Å². The van der Waals surface area contributed by atoms with Gasteiger partial charge < -0.3 is 5.73 Å². The Balaban J connectivity index is 2.42. The molecule has 2 amide bonds. The molecule has 0 aromatic heterocycles. The Morgan fingerprint density at radius 2 is 2.00 bits per heavy atom. The summed E-state index contributed by atoms with van der Waals surface area (Å²) in [5.74, 6) is -0.484. The fourth-order valence-electron chi connectivity index (χ4n) is 2.28. The smallest absolute Gasteiger partial charge is 0.263 e. The van der Waals surface area contributed by atoms with Gasteiger partial charge in [-0.2, -0.15) is 0 Å². The maximum Gasteiger partial charge on any atom is 0.263 e. The highest BCUT2D eigenvalue weighted by Crippen LogP contribution is 2.29. The summed E-state index contributed by atoms with van der Waals surface area (Å²) in [5.41, 5.74) is 6.93. The molecule has 1 aromatic carbocycles. The predicted molar refractivity (Wildman–Crippen MR) is 65.7 cm³/mol. The number of benzene rings is 1. The summed E-state index contributed by atoms with van der Waals surface area (Å²) >= 11 is 0. The predicted octanol–water partition coefficient (Wildman–Crippen LogP) is 2.05. The zero-order chi connectivity index (χ0) is 12.6. The molecule has 0 bridgehead atoms. The van der Waals surface area contributed by atoms with Gasteiger partial charge in [-0.25, -0.2) is 0 Å². The molecule has 90 valence electrons. The van der Waals surface area contributed by atoms with Crippen molar-refractivity contribution in [3.05, 3.63) is 29.3 Å². The average molecular weight is 232 g/mol. The maximum atomic E-state index is 12.2. The summed E-state index contributed by atoms with van der Waals surface area (Å²) in [6, 6.07) is 4.93. The number of nitrogens with zero attached hydrogens (tertiary/aromatic N) is 1. The first-order valence-corrected chi connectivity index (χ1v) is 5.84. The number of fused-ring (bicyclic) bond motifs is 1. The zero-order valence-electron chi connectivity index (χ0n) is 10.1. The summed E-state index contributed by atoms with van der Waals surface area (Å²) in [7, 11) is 0. The summed E-state index contributed by atoms with van der Waals surface area (Å²) in [5, 5.41) is 0. The Morgan fingerprint density at radius 3 is 2.59 bits per heavy atom. The molecule has 4 heteroatoms. The van der Waals surface area contributed by atoms with Crippen LogP contribution in [0, 0.1) is 0 Å². The number of rotatable bonds is 3. The minimum Gasteiger partial charge on any atom is -0.398 e. The van der Waals surface area contributed by atoms with Gasteiger partial charge >= 0.3 is 0 Å². The van der Waals surface area contributed by atoms with E-state index in [-0.39, 0.29) is 17.9 Å². The second kappa shape index (κ2) is 4.20. The van der Waals surface area contributed by atoms with Crippen LogP contribution in [0.5, 0.6) is 0 Å². The Morgan fingerprint density at radius 1 is 1.29 bits per heavy atom. The molecule has 1 unspecified atom stereocenters. The van der Waals surface area contributed by atoms with Gasteiger partial charge in [-0.05, 0) is 25.5 Å². The Bertz CT molecular complexity index is 482. The van der Waals surface area contributed by atoms with Crippen molar-refractivity contribution in [2.75, 3.05) is 5.73 Å². The number of anilines is 1. The summed E-state index contributed by atoms with van der Waals surface area (Å²) in [4.78, 5) is 25.6. The molecule has 0 saturated carbocycles. The number of amides is 2. The van der Waals surface area contributed by atoms with Crippen molar-refractivity contribution in [1.29, 1.82) is 0 Å². The summed E-state index contributed by atoms with van der Waals surface area (Å²) in [6.45, 7) is 3.92. The molecule has 1 aliphatic rings. The first-order chi connectivity index (χ1) is 8.07. The number of nitrogens with two attached hydrogens (primary N) is 1. The minimum absolute atomic E-state index is 0.0770. The van der Waals surface area contributed by atoms with Crippen LogP contribution in [0.4, 0.5) is 5.69 Å². The molecule has 0 aliphatic carbocycles. The van der Waals surface area contributed by atoms with Crippen LogP contribution < -0.4 is 5.73 Å². The molecule has 4 nitrogen and oxygen atoms in total. The molecule has 2 rings (SSSR count). The van der Waals surface area contributed by atoms with Gasteiger partial charge in [0, 0.05) is 11.7 Å². The van der Waals surface area contributed by atoms with Gasteiger partial charge in [0.1, 0.15) is 0 Å². The largest absolute Gasteiger partial charge is 0.398 e. The second-order valence-electron chi connectivity index (χ2n) is 4.39. The number of hydrogen-bond acceptors (Lipinski definition) is 3. The standard InChI is InChI=1S/C13H16N2O2/c1-3-5-8(2)15-12(16)9-6-4-7-10(14)11(9)13(15)17/h4,6-8H,3,5,14H2,1-2H3. The quantitative estimate of drug-likeness (QED) is 0.640. The van der Waals surface area contributed by atoms with E-state index in [9.17, 15) is 9.59 Å². The van der Waals surface area contributed by atoms with E-state index in [1.165, 1.54) is 4.90 Å². The lowest BCUT2D eigenvalue weighted by molar-refractivity contribution is 0.0590. The third-order valence-corrected chi connectivity index (χ3v) is 3.13. The fraction of sp³-hybridized carbons (Fsp3) is 0.385. The average Bonchev–Trinajstić information content (AvgIpc) is 2.53. The molecule has 17 heavy (non-hydrogen) atoms. The van der Waals surface area contributed by atoms with E-state index in [1.807, 2.05) is 13.8 Å². The molecule has 1 heterocycles. The van der Waals surface area contributed by atoms with Gasteiger partial charge in [-0.15, -0.1) is 0 Å². The highest BCUT2D eigenvalue weighted by molar-refractivity contribution is 6.23. The van der Waals surface area contributed by atoms with E-state index in [4.69, 9.17) is 5.73 Å². The van der Waals surface area contributed by atoms with Crippen molar-refractivity contribution >= 4 is 17.5 Å². The monoisotopic (exact) mass is 232 g/mol.